The molecule has 1 aromatic carbocycles. The second-order valence-corrected chi connectivity index (χ2v) is 4.25. The van der Waals surface area contributed by atoms with Crippen molar-refractivity contribution in [2.24, 2.45) is 0 Å². The van der Waals surface area contributed by atoms with E-state index in [0.29, 0.717) is 18.8 Å². The van der Waals surface area contributed by atoms with Crippen molar-refractivity contribution in [1.29, 1.82) is 0 Å². The molecule has 0 radical (unpaired) electrons. The van der Waals surface area contributed by atoms with E-state index in [1.54, 1.807) is 7.11 Å². The summed E-state index contributed by atoms with van der Waals surface area (Å²) in [5, 5.41) is 0. The highest BCUT2D eigenvalue weighted by molar-refractivity contribution is 6.02. The molecule has 0 spiro atoms. The Morgan fingerprint density at radius 1 is 1.17 bits per heavy atom. The fourth-order valence-corrected chi connectivity index (χ4v) is 2.20. The summed E-state index contributed by atoms with van der Waals surface area (Å²) in [5.74, 6) is 1.49. The fraction of sp³-hybridized carbons (Fsp3) is 0.400. The number of carbonyl (C=O) groups excluding carboxylic acids is 1. The van der Waals surface area contributed by atoms with Crippen LogP contribution in [0.4, 0.5) is 0 Å². The number of rotatable bonds is 4. The molecule has 0 saturated carbocycles. The van der Waals surface area contributed by atoms with Crippen LogP contribution in [-0.4, -0.2) is 19.5 Å². The number of allylic oxidation sites excluding steroid dienone is 2. The first-order chi connectivity index (χ1) is 8.76. The van der Waals surface area contributed by atoms with Crippen LogP contribution in [0.1, 0.15) is 31.7 Å². The van der Waals surface area contributed by atoms with E-state index in [1.165, 1.54) is 0 Å². The van der Waals surface area contributed by atoms with E-state index in [4.69, 9.17) is 9.47 Å². The number of methoxy groups -OCH3 is 1. The predicted octanol–water partition coefficient (Wildman–Crippen LogP) is 3.20. The number of Topliss-reactive ketones (excluding diaryl/α,β-unsaturated/α-hetero) is 1. The third-order valence-corrected chi connectivity index (χ3v) is 3.09. The third kappa shape index (κ3) is 2.55. The number of carbonyl (C=O) groups is 1. The van der Waals surface area contributed by atoms with Gasteiger partial charge in [0.25, 0.3) is 0 Å². The maximum absolute atomic E-state index is 11.9. The zero-order valence-corrected chi connectivity index (χ0v) is 10.9. The lowest BCUT2D eigenvalue weighted by Gasteiger charge is -2.19. The van der Waals surface area contributed by atoms with Gasteiger partial charge in [0.15, 0.2) is 11.5 Å². The number of hydrogen-bond donors (Lipinski definition) is 0. The first-order valence-electron chi connectivity index (χ1n) is 6.29. The maximum atomic E-state index is 11.9. The van der Waals surface area contributed by atoms with Crippen LogP contribution in [0, 0.1) is 0 Å². The highest BCUT2D eigenvalue weighted by Crippen LogP contribution is 2.31. The summed E-state index contributed by atoms with van der Waals surface area (Å²) in [4.78, 5) is 11.9. The van der Waals surface area contributed by atoms with E-state index in [2.05, 4.69) is 0 Å². The minimum atomic E-state index is 0.119. The Balaban J connectivity index is 2.37. The Morgan fingerprint density at radius 3 is 2.50 bits per heavy atom. The zero-order chi connectivity index (χ0) is 13.0. The van der Waals surface area contributed by atoms with Crippen LogP contribution < -0.4 is 4.74 Å². The van der Waals surface area contributed by atoms with Gasteiger partial charge in [-0.2, -0.15) is 0 Å². The van der Waals surface area contributed by atoms with Gasteiger partial charge in [0.1, 0.15) is 5.75 Å². The van der Waals surface area contributed by atoms with Crippen LogP contribution in [0.5, 0.6) is 5.75 Å². The van der Waals surface area contributed by atoms with Crippen molar-refractivity contribution in [3.05, 3.63) is 35.6 Å². The maximum Gasteiger partial charge on any atom is 0.197 e. The summed E-state index contributed by atoms with van der Waals surface area (Å²) in [6, 6.07) is 7.77. The largest absolute Gasteiger partial charge is 0.497 e. The summed E-state index contributed by atoms with van der Waals surface area (Å²) >= 11 is 0. The molecule has 0 bridgehead atoms. The van der Waals surface area contributed by atoms with Crippen molar-refractivity contribution in [2.45, 2.75) is 26.2 Å². The van der Waals surface area contributed by atoms with E-state index < -0.39 is 0 Å². The number of ketones is 1. The quantitative estimate of drug-likeness (QED) is 0.818. The van der Waals surface area contributed by atoms with Crippen molar-refractivity contribution in [3.63, 3.8) is 0 Å². The molecule has 0 unspecified atom stereocenters. The van der Waals surface area contributed by atoms with Gasteiger partial charge >= 0.3 is 0 Å². The van der Waals surface area contributed by atoms with E-state index in [1.807, 2.05) is 31.2 Å². The summed E-state index contributed by atoms with van der Waals surface area (Å²) in [7, 11) is 1.64. The van der Waals surface area contributed by atoms with Crippen LogP contribution in [0.15, 0.2) is 30.0 Å². The molecule has 0 atom stereocenters. The summed E-state index contributed by atoms with van der Waals surface area (Å²) in [6.45, 7) is 2.43. The lowest BCUT2D eigenvalue weighted by atomic mass is 9.91. The fourth-order valence-electron chi connectivity index (χ4n) is 2.20. The summed E-state index contributed by atoms with van der Waals surface area (Å²) < 4.78 is 10.7. The minimum Gasteiger partial charge on any atom is -0.497 e. The van der Waals surface area contributed by atoms with Crippen molar-refractivity contribution in [1.82, 2.24) is 0 Å². The molecule has 18 heavy (non-hydrogen) atoms. The Labute approximate surface area is 107 Å². The number of ether oxygens (including phenoxy) is 2. The van der Waals surface area contributed by atoms with Gasteiger partial charge in [-0.15, -0.1) is 0 Å². The summed E-state index contributed by atoms with van der Waals surface area (Å²) in [6.07, 6.45) is 2.39. The number of benzene rings is 1. The predicted molar refractivity (Wildman–Crippen MR) is 70.4 cm³/mol. The van der Waals surface area contributed by atoms with E-state index in [-0.39, 0.29) is 5.78 Å². The van der Waals surface area contributed by atoms with E-state index in [9.17, 15) is 4.79 Å². The van der Waals surface area contributed by atoms with E-state index >= 15 is 0 Å². The average Bonchev–Trinajstić information content (AvgIpc) is 2.41. The molecule has 1 aromatic rings. The minimum absolute atomic E-state index is 0.119. The standard InChI is InChI=1S/C15H18O3/c1-3-18-15-13(5-4-6-14(15)16)11-7-9-12(17-2)10-8-11/h7-10H,3-6H2,1-2H3. The molecular formula is C15H18O3. The molecule has 3 nitrogen and oxygen atoms in total. The van der Waals surface area contributed by atoms with Crippen LogP contribution >= 0.6 is 0 Å². The monoisotopic (exact) mass is 246 g/mol. The van der Waals surface area contributed by atoms with Crippen LogP contribution in [0.25, 0.3) is 5.57 Å². The highest BCUT2D eigenvalue weighted by atomic mass is 16.5. The Kier molecular flexibility index (Phi) is 4.03. The van der Waals surface area contributed by atoms with Crippen LogP contribution in [-0.2, 0) is 9.53 Å². The second-order valence-electron chi connectivity index (χ2n) is 4.25. The van der Waals surface area contributed by atoms with Gasteiger partial charge in [-0.1, -0.05) is 12.1 Å². The van der Waals surface area contributed by atoms with Gasteiger partial charge in [-0.05, 0) is 37.5 Å². The lowest BCUT2D eigenvalue weighted by molar-refractivity contribution is -0.119. The first kappa shape index (κ1) is 12.7. The molecule has 0 aliphatic heterocycles. The topological polar surface area (TPSA) is 35.5 Å². The molecule has 96 valence electrons. The van der Waals surface area contributed by atoms with Gasteiger partial charge in [0, 0.05) is 12.0 Å². The molecule has 1 aliphatic rings. The van der Waals surface area contributed by atoms with E-state index in [0.717, 1.165) is 29.7 Å². The molecular weight excluding hydrogens is 228 g/mol. The lowest BCUT2D eigenvalue weighted by Crippen LogP contribution is -2.13. The van der Waals surface area contributed by atoms with Gasteiger partial charge in [-0.3, -0.25) is 4.79 Å². The normalized spacial score (nSPS) is 15.8. The molecule has 0 amide bonds. The van der Waals surface area contributed by atoms with Crippen LogP contribution in [0.2, 0.25) is 0 Å². The summed E-state index contributed by atoms with van der Waals surface area (Å²) in [5.41, 5.74) is 2.07. The van der Waals surface area contributed by atoms with Gasteiger partial charge in [0.2, 0.25) is 0 Å². The van der Waals surface area contributed by atoms with Gasteiger partial charge in [0.05, 0.1) is 13.7 Å². The van der Waals surface area contributed by atoms with Crippen molar-refractivity contribution in [2.75, 3.05) is 13.7 Å². The second kappa shape index (κ2) is 5.71. The van der Waals surface area contributed by atoms with Gasteiger partial charge in [-0.25, -0.2) is 0 Å². The van der Waals surface area contributed by atoms with Crippen molar-refractivity contribution in [3.8, 4) is 5.75 Å². The third-order valence-electron chi connectivity index (χ3n) is 3.09. The molecule has 3 heteroatoms. The van der Waals surface area contributed by atoms with Crippen LogP contribution in [0.3, 0.4) is 0 Å². The molecule has 2 rings (SSSR count). The van der Waals surface area contributed by atoms with Gasteiger partial charge < -0.3 is 9.47 Å². The van der Waals surface area contributed by atoms with Crippen molar-refractivity contribution < 1.29 is 14.3 Å². The Hall–Kier alpha value is -1.77. The Morgan fingerprint density at radius 2 is 1.89 bits per heavy atom. The first-order valence-corrected chi connectivity index (χ1v) is 6.29. The smallest absolute Gasteiger partial charge is 0.197 e. The molecule has 0 saturated heterocycles. The highest BCUT2D eigenvalue weighted by Gasteiger charge is 2.22. The molecule has 0 aromatic heterocycles. The molecule has 1 aliphatic carbocycles. The molecule has 0 fully saturated rings. The Bertz CT molecular complexity index is 457. The molecule has 0 heterocycles. The molecule has 0 N–H and O–H groups in total. The SMILES string of the molecule is CCOC1=C(c2ccc(OC)cc2)CCCC1=O. The zero-order valence-electron chi connectivity index (χ0n) is 10.9. The number of hydrogen-bond acceptors (Lipinski definition) is 3. The average molecular weight is 246 g/mol. The van der Waals surface area contributed by atoms with Crippen molar-refractivity contribution >= 4 is 11.4 Å².